The SMILES string of the molecule is COc1cc(OC)c(-c2nn[nH]c2-c2ccc(C)cc2)cc1OC. The van der Waals surface area contributed by atoms with Crippen LogP contribution in [0.2, 0.25) is 0 Å². The number of nitrogens with one attached hydrogen (secondary N) is 1. The average Bonchev–Trinajstić information content (AvgIpc) is 3.10. The van der Waals surface area contributed by atoms with Crippen molar-refractivity contribution in [3.63, 3.8) is 0 Å². The first kappa shape index (κ1) is 15.9. The molecule has 0 aliphatic heterocycles. The second kappa shape index (κ2) is 6.62. The van der Waals surface area contributed by atoms with Crippen molar-refractivity contribution < 1.29 is 14.2 Å². The molecule has 124 valence electrons. The maximum Gasteiger partial charge on any atom is 0.164 e. The van der Waals surface area contributed by atoms with E-state index in [2.05, 4.69) is 15.4 Å². The largest absolute Gasteiger partial charge is 0.496 e. The summed E-state index contributed by atoms with van der Waals surface area (Å²) in [6, 6.07) is 11.8. The summed E-state index contributed by atoms with van der Waals surface area (Å²) in [4.78, 5) is 0. The number of hydrogen-bond acceptors (Lipinski definition) is 5. The maximum atomic E-state index is 5.50. The fourth-order valence-corrected chi connectivity index (χ4v) is 2.55. The average molecular weight is 325 g/mol. The van der Waals surface area contributed by atoms with Gasteiger partial charge >= 0.3 is 0 Å². The summed E-state index contributed by atoms with van der Waals surface area (Å²) in [6.07, 6.45) is 0. The second-order valence-electron chi connectivity index (χ2n) is 5.31. The highest BCUT2D eigenvalue weighted by Gasteiger charge is 2.19. The molecule has 3 aromatic rings. The number of hydrogen-bond donors (Lipinski definition) is 1. The Hall–Kier alpha value is -3.02. The molecule has 3 rings (SSSR count). The van der Waals surface area contributed by atoms with E-state index in [0.717, 1.165) is 16.8 Å². The summed E-state index contributed by atoms with van der Waals surface area (Å²) in [5.41, 5.74) is 4.48. The summed E-state index contributed by atoms with van der Waals surface area (Å²) >= 11 is 0. The molecular weight excluding hydrogens is 306 g/mol. The number of aromatic amines is 1. The van der Waals surface area contributed by atoms with Gasteiger partial charge in [0.1, 0.15) is 11.4 Å². The lowest BCUT2D eigenvalue weighted by atomic mass is 10.0. The highest BCUT2D eigenvalue weighted by atomic mass is 16.5. The second-order valence-corrected chi connectivity index (χ2v) is 5.31. The molecule has 24 heavy (non-hydrogen) atoms. The van der Waals surface area contributed by atoms with Crippen molar-refractivity contribution in [1.82, 2.24) is 15.4 Å². The number of methoxy groups -OCH3 is 3. The molecule has 0 atom stereocenters. The van der Waals surface area contributed by atoms with Crippen molar-refractivity contribution in [2.45, 2.75) is 6.92 Å². The molecule has 0 saturated carbocycles. The van der Waals surface area contributed by atoms with Crippen LogP contribution in [0.15, 0.2) is 36.4 Å². The van der Waals surface area contributed by atoms with Crippen LogP contribution in [-0.2, 0) is 0 Å². The lowest BCUT2D eigenvalue weighted by molar-refractivity contribution is 0.349. The van der Waals surface area contributed by atoms with Gasteiger partial charge in [0.2, 0.25) is 0 Å². The first-order valence-electron chi connectivity index (χ1n) is 7.46. The van der Waals surface area contributed by atoms with Gasteiger partial charge in [0.25, 0.3) is 0 Å². The minimum absolute atomic E-state index is 0.596. The Balaban J connectivity index is 2.16. The summed E-state index contributed by atoms with van der Waals surface area (Å²) in [5, 5.41) is 11.2. The molecule has 0 saturated heterocycles. The summed E-state index contributed by atoms with van der Waals surface area (Å²) in [7, 11) is 4.79. The van der Waals surface area contributed by atoms with E-state index in [1.807, 2.05) is 37.3 Å². The van der Waals surface area contributed by atoms with Crippen LogP contribution >= 0.6 is 0 Å². The lowest BCUT2D eigenvalue weighted by Crippen LogP contribution is -1.96. The lowest BCUT2D eigenvalue weighted by Gasteiger charge is -2.13. The van der Waals surface area contributed by atoms with Crippen LogP contribution in [0.3, 0.4) is 0 Å². The minimum atomic E-state index is 0.596. The van der Waals surface area contributed by atoms with Crippen LogP contribution in [-0.4, -0.2) is 36.7 Å². The van der Waals surface area contributed by atoms with Crippen LogP contribution in [0.25, 0.3) is 22.5 Å². The van der Waals surface area contributed by atoms with Crippen molar-refractivity contribution in [2.75, 3.05) is 21.3 Å². The molecule has 1 N–H and O–H groups in total. The molecule has 0 aliphatic rings. The number of ether oxygens (including phenoxy) is 3. The number of nitrogens with zero attached hydrogens (tertiary/aromatic N) is 2. The fraction of sp³-hybridized carbons (Fsp3) is 0.222. The molecular formula is C18H19N3O3. The van der Waals surface area contributed by atoms with E-state index in [9.17, 15) is 0 Å². The predicted molar refractivity (Wildman–Crippen MR) is 91.6 cm³/mol. The summed E-state index contributed by atoms with van der Waals surface area (Å²) in [5.74, 6) is 1.83. The van der Waals surface area contributed by atoms with Crippen LogP contribution in [0.4, 0.5) is 0 Å². The van der Waals surface area contributed by atoms with Crippen LogP contribution in [0.5, 0.6) is 17.2 Å². The maximum absolute atomic E-state index is 5.50. The highest BCUT2D eigenvalue weighted by molar-refractivity contribution is 5.82. The molecule has 0 radical (unpaired) electrons. The Bertz CT molecular complexity index is 841. The molecule has 0 unspecified atom stereocenters. The zero-order valence-corrected chi connectivity index (χ0v) is 14.1. The molecule has 0 aliphatic carbocycles. The van der Waals surface area contributed by atoms with Crippen molar-refractivity contribution in [3.05, 3.63) is 42.0 Å². The quantitative estimate of drug-likeness (QED) is 0.778. The van der Waals surface area contributed by atoms with E-state index in [4.69, 9.17) is 14.2 Å². The van der Waals surface area contributed by atoms with Gasteiger partial charge in [-0.2, -0.15) is 0 Å². The van der Waals surface area contributed by atoms with Gasteiger partial charge in [-0.1, -0.05) is 35.0 Å². The van der Waals surface area contributed by atoms with E-state index in [1.165, 1.54) is 5.56 Å². The standard InChI is InChI=1S/C18H19N3O3/c1-11-5-7-12(8-6-11)17-18(20-21-19-17)13-9-15(23-3)16(24-4)10-14(13)22-2/h5-10H,1-4H3,(H,19,20,21). The monoisotopic (exact) mass is 325 g/mol. The Morgan fingerprint density at radius 2 is 1.46 bits per heavy atom. The predicted octanol–water partition coefficient (Wildman–Crippen LogP) is 3.47. The summed E-state index contributed by atoms with van der Waals surface area (Å²) in [6.45, 7) is 2.05. The third kappa shape index (κ3) is 2.78. The minimum Gasteiger partial charge on any atom is -0.496 e. The van der Waals surface area contributed by atoms with Crippen LogP contribution in [0.1, 0.15) is 5.56 Å². The van der Waals surface area contributed by atoms with E-state index >= 15 is 0 Å². The van der Waals surface area contributed by atoms with E-state index in [-0.39, 0.29) is 0 Å². The first-order chi connectivity index (χ1) is 11.7. The van der Waals surface area contributed by atoms with Gasteiger partial charge in [-0.3, -0.25) is 5.10 Å². The van der Waals surface area contributed by atoms with Gasteiger partial charge in [0.05, 0.1) is 32.6 Å². The number of aromatic nitrogens is 3. The van der Waals surface area contributed by atoms with Gasteiger partial charge < -0.3 is 14.2 Å². The number of aryl methyl sites for hydroxylation is 1. The van der Waals surface area contributed by atoms with E-state index in [1.54, 1.807) is 27.4 Å². The Morgan fingerprint density at radius 1 is 0.833 bits per heavy atom. The molecule has 0 amide bonds. The van der Waals surface area contributed by atoms with Gasteiger partial charge in [0.15, 0.2) is 11.5 Å². The van der Waals surface area contributed by atoms with Crippen LogP contribution in [0, 0.1) is 6.92 Å². The van der Waals surface area contributed by atoms with E-state index in [0.29, 0.717) is 22.9 Å². The van der Waals surface area contributed by atoms with Crippen molar-refractivity contribution in [2.24, 2.45) is 0 Å². The van der Waals surface area contributed by atoms with Crippen molar-refractivity contribution in [1.29, 1.82) is 0 Å². The van der Waals surface area contributed by atoms with E-state index < -0.39 is 0 Å². The Morgan fingerprint density at radius 3 is 2.08 bits per heavy atom. The zero-order chi connectivity index (χ0) is 17.1. The van der Waals surface area contributed by atoms with Gasteiger partial charge in [0, 0.05) is 11.6 Å². The van der Waals surface area contributed by atoms with Crippen molar-refractivity contribution in [3.8, 4) is 39.8 Å². The Kier molecular flexibility index (Phi) is 4.37. The molecule has 0 spiro atoms. The van der Waals surface area contributed by atoms with Gasteiger partial charge in [-0.05, 0) is 13.0 Å². The molecule has 6 nitrogen and oxygen atoms in total. The smallest absolute Gasteiger partial charge is 0.164 e. The fourth-order valence-electron chi connectivity index (χ4n) is 2.55. The molecule has 6 heteroatoms. The number of rotatable bonds is 5. The molecule has 0 bridgehead atoms. The van der Waals surface area contributed by atoms with Gasteiger partial charge in [-0.25, -0.2) is 0 Å². The third-order valence-electron chi connectivity index (χ3n) is 3.85. The molecule has 0 fully saturated rings. The molecule has 1 aromatic heterocycles. The van der Waals surface area contributed by atoms with Crippen LogP contribution < -0.4 is 14.2 Å². The first-order valence-corrected chi connectivity index (χ1v) is 7.46. The number of benzene rings is 2. The van der Waals surface area contributed by atoms with Crippen molar-refractivity contribution >= 4 is 0 Å². The topological polar surface area (TPSA) is 69.3 Å². The molecule has 1 heterocycles. The molecule has 2 aromatic carbocycles. The van der Waals surface area contributed by atoms with Gasteiger partial charge in [-0.15, -0.1) is 5.10 Å². The Labute approximate surface area is 140 Å². The highest BCUT2D eigenvalue weighted by Crippen LogP contribution is 2.41. The summed E-state index contributed by atoms with van der Waals surface area (Å²) < 4.78 is 16.2. The zero-order valence-electron chi connectivity index (χ0n) is 14.1. The third-order valence-corrected chi connectivity index (χ3v) is 3.85. The normalized spacial score (nSPS) is 10.5. The number of H-pyrrole nitrogens is 1.